The van der Waals surface area contributed by atoms with Gasteiger partial charge < -0.3 is 29.3 Å². The fourth-order valence-corrected chi connectivity index (χ4v) is 6.18. The molecule has 0 spiro atoms. The molecule has 2 aliphatic rings. The van der Waals surface area contributed by atoms with Crippen molar-refractivity contribution < 1.29 is 23.4 Å². The Bertz CT molecular complexity index is 1750. The summed E-state index contributed by atoms with van der Waals surface area (Å²) in [6.07, 6.45) is 8.62. The number of likely N-dealkylation sites (tertiary alicyclic amines) is 1. The van der Waals surface area contributed by atoms with Gasteiger partial charge in [-0.2, -0.15) is 0 Å². The summed E-state index contributed by atoms with van der Waals surface area (Å²) in [6.45, 7) is 10.6. The van der Waals surface area contributed by atoms with Crippen molar-refractivity contribution in [3.8, 4) is 23.0 Å². The number of urea groups is 1. The van der Waals surface area contributed by atoms with E-state index in [2.05, 4.69) is 22.1 Å². The molecule has 1 aromatic heterocycles. The smallest absolute Gasteiger partial charge is 0.327 e. The molecule has 4 aromatic rings. The molecule has 10 heteroatoms. The SMILES string of the molecule is COc1cc2c(Oc3ccc(NC(=O)N4C=CN(c5c(C)cccc5C)C4)cc3F)ccnc2cc1OCCCN1CCC(C)CC1. The third kappa shape index (κ3) is 7.44. The van der Waals surface area contributed by atoms with Crippen LogP contribution in [0.5, 0.6) is 23.0 Å². The first-order chi connectivity index (χ1) is 22.8. The minimum Gasteiger partial charge on any atom is -0.493 e. The first-order valence-corrected chi connectivity index (χ1v) is 16.2. The number of hydrogen-bond acceptors (Lipinski definition) is 7. The number of benzene rings is 3. The van der Waals surface area contributed by atoms with Crippen LogP contribution in [0.1, 0.15) is 37.3 Å². The summed E-state index contributed by atoms with van der Waals surface area (Å²) in [5.41, 5.74) is 4.27. The summed E-state index contributed by atoms with van der Waals surface area (Å²) >= 11 is 0. The number of amides is 2. The minimum absolute atomic E-state index is 0.0178. The number of para-hydroxylation sites is 1. The topological polar surface area (TPSA) is 79.4 Å². The van der Waals surface area contributed by atoms with Crippen LogP contribution >= 0.6 is 0 Å². The van der Waals surface area contributed by atoms with Crippen LogP contribution in [-0.2, 0) is 0 Å². The number of ether oxygens (including phenoxy) is 3. The Balaban J connectivity index is 1.08. The Labute approximate surface area is 275 Å². The number of piperidine rings is 1. The first kappa shape index (κ1) is 32.1. The normalized spacial score (nSPS) is 15.3. The lowest BCUT2D eigenvalue weighted by Gasteiger charge is -2.30. The van der Waals surface area contributed by atoms with Crippen LogP contribution < -0.4 is 24.4 Å². The van der Waals surface area contributed by atoms with Crippen LogP contribution in [0.4, 0.5) is 20.6 Å². The van der Waals surface area contributed by atoms with Crippen molar-refractivity contribution in [1.29, 1.82) is 0 Å². The van der Waals surface area contributed by atoms with Gasteiger partial charge in [-0.1, -0.05) is 25.1 Å². The maximum atomic E-state index is 15.3. The minimum atomic E-state index is -0.614. The van der Waals surface area contributed by atoms with E-state index in [4.69, 9.17) is 14.2 Å². The molecule has 3 aromatic carbocycles. The molecule has 0 saturated carbocycles. The maximum Gasteiger partial charge on any atom is 0.327 e. The number of fused-ring (bicyclic) bond motifs is 1. The van der Waals surface area contributed by atoms with E-state index in [1.165, 1.54) is 29.9 Å². The molecule has 9 nitrogen and oxygen atoms in total. The monoisotopic (exact) mass is 639 g/mol. The lowest BCUT2D eigenvalue weighted by atomic mass is 9.99. The molecular weight excluding hydrogens is 597 g/mol. The number of anilines is 2. The largest absolute Gasteiger partial charge is 0.493 e. The molecule has 0 atom stereocenters. The number of nitrogens with zero attached hydrogens (tertiary/aromatic N) is 4. The van der Waals surface area contributed by atoms with Gasteiger partial charge in [0.1, 0.15) is 12.4 Å². The third-order valence-corrected chi connectivity index (χ3v) is 8.86. The second kappa shape index (κ2) is 14.3. The molecule has 1 fully saturated rings. The van der Waals surface area contributed by atoms with Gasteiger partial charge in [-0.25, -0.2) is 9.18 Å². The van der Waals surface area contributed by atoms with Crippen molar-refractivity contribution in [3.05, 3.63) is 90.1 Å². The van der Waals surface area contributed by atoms with Gasteiger partial charge in [0.05, 0.1) is 19.2 Å². The van der Waals surface area contributed by atoms with Crippen molar-refractivity contribution in [2.45, 2.75) is 40.0 Å². The predicted molar refractivity (Wildman–Crippen MR) is 183 cm³/mol. The summed E-state index contributed by atoms with van der Waals surface area (Å²) in [5.74, 6) is 1.79. The van der Waals surface area contributed by atoms with Crippen LogP contribution in [0, 0.1) is 25.6 Å². The molecule has 1 N–H and O–H groups in total. The summed E-state index contributed by atoms with van der Waals surface area (Å²) in [7, 11) is 1.59. The van der Waals surface area contributed by atoms with E-state index in [0.717, 1.165) is 48.8 Å². The van der Waals surface area contributed by atoms with Gasteiger partial charge in [0.25, 0.3) is 0 Å². The molecule has 0 aliphatic carbocycles. The van der Waals surface area contributed by atoms with Gasteiger partial charge in [0, 0.05) is 54.0 Å². The fourth-order valence-electron chi connectivity index (χ4n) is 6.18. The predicted octanol–water partition coefficient (Wildman–Crippen LogP) is 8.08. The van der Waals surface area contributed by atoms with Gasteiger partial charge in [-0.3, -0.25) is 9.88 Å². The molecule has 1 saturated heterocycles. The molecular formula is C37H42FN5O4. The number of pyridine rings is 1. The Kier molecular flexibility index (Phi) is 9.77. The Morgan fingerprint density at radius 3 is 2.51 bits per heavy atom. The van der Waals surface area contributed by atoms with Gasteiger partial charge in [0.15, 0.2) is 23.1 Å². The molecule has 0 bridgehead atoms. The van der Waals surface area contributed by atoms with Crippen molar-refractivity contribution >= 4 is 28.3 Å². The van der Waals surface area contributed by atoms with Crippen LogP contribution in [-0.4, -0.2) is 60.8 Å². The molecule has 246 valence electrons. The Morgan fingerprint density at radius 1 is 0.979 bits per heavy atom. The molecule has 0 radical (unpaired) electrons. The van der Waals surface area contributed by atoms with Crippen molar-refractivity contribution in [2.75, 3.05) is 50.2 Å². The number of aromatic nitrogens is 1. The van der Waals surface area contributed by atoms with Crippen molar-refractivity contribution in [3.63, 3.8) is 0 Å². The molecule has 0 unspecified atom stereocenters. The molecule has 2 aliphatic heterocycles. The Hall–Kier alpha value is -4.83. The quantitative estimate of drug-likeness (QED) is 0.176. The van der Waals surface area contributed by atoms with E-state index in [9.17, 15) is 4.79 Å². The van der Waals surface area contributed by atoms with Gasteiger partial charge >= 0.3 is 6.03 Å². The summed E-state index contributed by atoms with van der Waals surface area (Å²) in [6, 6.07) is 15.4. The number of methoxy groups -OCH3 is 1. The number of carbonyl (C=O) groups is 1. The zero-order valence-corrected chi connectivity index (χ0v) is 27.5. The highest BCUT2D eigenvalue weighted by molar-refractivity contribution is 5.91. The number of halogens is 1. The highest BCUT2D eigenvalue weighted by atomic mass is 19.1. The zero-order chi connectivity index (χ0) is 32.9. The summed E-state index contributed by atoms with van der Waals surface area (Å²) in [4.78, 5) is 23.5. The molecule has 47 heavy (non-hydrogen) atoms. The van der Waals surface area contributed by atoms with Gasteiger partial charge in [0.2, 0.25) is 0 Å². The van der Waals surface area contributed by atoms with E-state index in [-0.39, 0.29) is 11.8 Å². The lowest BCUT2D eigenvalue weighted by molar-refractivity contribution is 0.176. The highest BCUT2D eigenvalue weighted by Crippen LogP contribution is 2.38. The molecule has 6 rings (SSSR count). The van der Waals surface area contributed by atoms with E-state index < -0.39 is 5.82 Å². The number of aryl methyl sites for hydroxylation is 2. The van der Waals surface area contributed by atoms with Crippen LogP contribution in [0.25, 0.3) is 10.9 Å². The standard InChI is InChI=1S/C37H42FN5O4/c1-25-12-16-41(17-13-25)15-6-20-46-35-23-31-29(22-34(35)45-4)32(11-14-39-31)47-33-10-9-28(21-30(33)38)40-37(44)43-19-18-42(24-43)36-26(2)7-5-8-27(36)3/h5,7-11,14,18-19,21-23,25H,6,12-13,15-17,20,24H2,1-4H3,(H,40,44). The van der Waals surface area contributed by atoms with Gasteiger partial charge in [-0.15, -0.1) is 0 Å². The zero-order valence-electron chi connectivity index (χ0n) is 27.5. The second-order valence-corrected chi connectivity index (χ2v) is 12.4. The van der Waals surface area contributed by atoms with Crippen molar-refractivity contribution in [1.82, 2.24) is 14.8 Å². The number of hydrogen-bond donors (Lipinski definition) is 1. The van der Waals surface area contributed by atoms with Crippen LogP contribution in [0.2, 0.25) is 0 Å². The first-order valence-electron chi connectivity index (χ1n) is 16.2. The van der Waals surface area contributed by atoms with E-state index >= 15 is 4.39 Å². The molecule has 3 heterocycles. The number of rotatable bonds is 10. The highest BCUT2D eigenvalue weighted by Gasteiger charge is 2.23. The van der Waals surface area contributed by atoms with Gasteiger partial charge in [-0.05, 0) is 87.5 Å². The third-order valence-electron chi connectivity index (χ3n) is 8.86. The number of nitrogens with one attached hydrogen (secondary N) is 1. The van der Waals surface area contributed by atoms with E-state index in [1.807, 2.05) is 49.2 Å². The lowest BCUT2D eigenvalue weighted by Crippen LogP contribution is -2.34. The summed E-state index contributed by atoms with van der Waals surface area (Å²) in [5, 5.41) is 3.44. The maximum absolute atomic E-state index is 15.3. The van der Waals surface area contributed by atoms with E-state index in [1.54, 1.807) is 37.7 Å². The second-order valence-electron chi connectivity index (χ2n) is 12.4. The number of carbonyl (C=O) groups excluding carboxylic acids is 1. The van der Waals surface area contributed by atoms with Crippen LogP contribution in [0.3, 0.4) is 0 Å². The van der Waals surface area contributed by atoms with Crippen LogP contribution in [0.15, 0.2) is 73.2 Å². The summed E-state index contributed by atoms with van der Waals surface area (Å²) < 4.78 is 33.1. The molecule has 2 amide bonds. The van der Waals surface area contributed by atoms with Crippen molar-refractivity contribution in [2.24, 2.45) is 5.92 Å². The average Bonchev–Trinajstić information content (AvgIpc) is 3.55. The average molecular weight is 640 g/mol. The van der Waals surface area contributed by atoms with E-state index in [0.29, 0.717) is 47.1 Å². The Morgan fingerprint density at radius 2 is 1.77 bits per heavy atom. The fraction of sp³-hybridized carbons (Fsp3) is 0.351.